The molecule has 2 rings (SSSR count). The van der Waals surface area contributed by atoms with Crippen LogP contribution >= 0.6 is 12.2 Å². The van der Waals surface area contributed by atoms with E-state index in [0.717, 1.165) is 0 Å². The van der Waals surface area contributed by atoms with Crippen molar-refractivity contribution in [2.75, 3.05) is 14.2 Å². The normalized spacial score (nSPS) is 16.8. The molecule has 1 heterocycles. The van der Waals surface area contributed by atoms with E-state index < -0.39 is 11.8 Å². The van der Waals surface area contributed by atoms with Crippen LogP contribution in [0, 0.1) is 0 Å². The van der Waals surface area contributed by atoms with Crippen molar-refractivity contribution < 1.29 is 19.1 Å². The van der Waals surface area contributed by atoms with Crippen molar-refractivity contribution in [3.8, 4) is 11.5 Å². The molecule has 0 radical (unpaired) electrons. The number of carbonyl (C=O) groups is 2. The Morgan fingerprint density at radius 2 is 2.00 bits per heavy atom. The van der Waals surface area contributed by atoms with Crippen LogP contribution in [0.3, 0.4) is 0 Å². The monoisotopic (exact) mass is 334 g/mol. The number of thiocarbonyl (C=S) groups is 1. The number of carbonyl (C=O) groups excluding carboxylic acids is 2. The smallest absolute Gasteiger partial charge is 0.265 e. The maximum Gasteiger partial charge on any atom is 0.265 e. The lowest BCUT2D eigenvalue weighted by atomic mass is 10.1. The van der Waals surface area contributed by atoms with Gasteiger partial charge in [0.25, 0.3) is 11.8 Å². The molecule has 0 saturated carbocycles. The SMILES string of the molecule is COc1cccc(/C=C2\C(=O)NC(=S)N(C)C2=O)c1OC(C)C. The number of likely N-dealkylation sites (N-methyl/N-ethyl adjacent to an activating group) is 1. The van der Waals surface area contributed by atoms with Crippen LogP contribution in [-0.4, -0.2) is 42.1 Å². The summed E-state index contributed by atoms with van der Waals surface area (Å²) in [6.45, 7) is 3.77. The third-order valence-corrected chi connectivity index (χ3v) is 3.56. The van der Waals surface area contributed by atoms with Crippen molar-refractivity contribution in [2.24, 2.45) is 0 Å². The van der Waals surface area contributed by atoms with Crippen LogP contribution in [-0.2, 0) is 9.59 Å². The van der Waals surface area contributed by atoms with E-state index in [0.29, 0.717) is 17.1 Å². The van der Waals surface area contributed by atoms with Crippen molar-refractivity contribution in [2.45, 2.75) is 20.0 Å². The molecule has 122 valence electrons. The van der Waals surface area contributed by atoms with Gasteiger partial charge in [0.05, 0.1) is 13.2 Å². The van der Waals surface area contributed by atoms with E-state index in [4.69, 9.17) is 21.7 Å². The number of amides is 2. The first-order valence-electron chi connectivity index (χ1n) is 7.04. The van der Waals surface area contributed by atoms with Gasteiger partial charge in [-0.2, -0.15) is 0 Å². The number of rotatable bonds is 4. The fourth-order valence-electron chi connectivity index (χ4n) is 2.07. The minimum Gasteiger partial charge on any atom is -0.493 e. The Kier molecular flexibility index (Phi) is 5.00. The molecule has 1 aliphatic heterocycles. The van der Waals surface area contributed by atoms with Gasteiger partial charge in [0, 0.05) is 12.6 Å². The molecule has 1 aliphatic rings. The number of benzene rings is 1. The first kappa shape index (κ1) is 17.0. The van der Waals surface area contributed by atoms with Gasteiger partial charge in [0.15, 0.2) is 16.6 Å². The van der Waals surface area contributed by atoms with E-state index in [2.05, 4.69) is 5.32 Å². The number of hydrogen-bond acceptors (Lipinski definition) is 5. The summed E-state index contributed by atoms with van der Waals surface area (Å²) in [4.78, 5) is 25.6. The lowest BCUT2D eigenvalue weighted by molar-refractivity contribution is -0.128. The molecular formula is C16H18N2O4S. The molecule has 0 bridgehead atoms. The third kappa shape index (κ3) is 3.50. The lowest BCUT2D eigenvalue weighted by Gasteiger charge is -2.25. The fourth-order valence-corrected chi connectivity index (χ4v) is 2.25. The average Bonchev–Trinajstić information content (AvgIpc) is 2.50. The number of nitrogens with one attached hydrogen (secondary N) is 1. The van der Waals surface area contributed by atoms with Gasteiger partial charge in [-0.25, -0.2) is 0 Å². The van der Waals surface area contributed by atoms with E-state index in [1.165, 1.54) is 25.1 Å². The molecule has 6 nitrogen and oxygen atoms in total. The van der Waals surface area contributed by atoms with Gasteiger partial charge in [-0.3, -0.25) is 19.8 Å². The zero-order chi connectivity index (χ0) is 17.1. The van der Waals surface area contributed by atoms with Gasteiger partial charge in [0.1, 0.15) is 5.57 Å². The largest absolute Gasteiger partial charge is 0.493 e. The Morgan fingerprint density at radius 3 is 2.61 bits per heavy atom. The first-order chi connectivity index (χ1) is 10.8. The molecule has 0 spiro atoms. The summed E-state index contributed by atoms with van der Waals surface area (Å²) in [5, 5.41) is 2.56. The summed E-state index contributed by atoms with van der Waals surface area (Å²) >= 11 is 4.92. The second-order valence-electron chi connectivity index (χ2n) is 5.23. The Bertz CT molecular complexity index is 697. The van der Waals surface area contributed by atoms with Crippen molar-refractivity contribution in [3.05, 3.63) is 29.3 Å². The Balaban J connectivity index is 2.51. The Morgan fingerprint density at radius 1 is 1.30 bits per heavy atom. The van der Waals surface area contributed by atoms with Crippen molar-refractivity contribution in [1.82, 2.24) is 10.2 Å². The number of hydrogen-bond donors (Lipinski definition) is 1. The molecule has 0 aliphatic carbocycles. The van der Waals surface area contributed by atoms with Crippen molar-refractivity contribution in [3.63, 3.8) is 0 Å². The van der Waals surface area contributed by atoms with Gasteiger partial charge in [-0.15, -0.1) is 0 Å². The molecule has 1 aromatic carbocycles. The highest BCUT2D eigenvalue weighted by Crippen LogP contribution is 2.33. The van der Waals surface area contributed by atoms with E-state index in [1.807, 2.05) is 13.8 Å². The highest BCUT2D eigenvalue weighted by molar-refractivity contribution is 7.80. The average molecular weight is 334 g/mol. The quantitative estimate of drug-likeness (QED) is 0.516. The van der Waals surface area contributed by atoms with Crippen LogP contribution < -0.4 is 14.8 Å². The minimum absolute atomic E-state index is 0.0111. The van der Waals surface area contributed by atoms with Gasteiger partial charge in [-0.1, -0.05) is 12.1 Å². The molecule has 1 N–H and O–H groups in total. The van der Waals surface area contributed by atoms with Crippen molar-refractivity contribution in [1.29, 1.82) is 0 Å². The van der Waals surface area contributed by atoms with Gasteiger partial charge in [-0.05, 0) is 38.2 Å². The topological polar surface area (TPSA) is 67.9 Å². The molecule has 2 amide bonds. The lowest BCUT2D eigenvalue weighted by Crippen LogP contribution is -2.52. The number of ether oxygens (including phenoxy) is 2. The molecular weight excluding hydrogens is 316 g/mol. The summed E-state index contributed by atoms with van der Waals surface area (Å²) in [6.07, 6.45) is 1.39. The van der Waals surface area contributed by atoms with Crippen LogP contribution in [0.25, 0.3) is 6.08 Å². The zero-order valence-electron chi connectivity index (χ0n) is 13.4. The highest BCUT2D eigenvalue weighted by atomic mass is 32.1. The summed E-state index contributed by atoms with van der Waals surface area (Å²) in [5.74, 6) is 0.0166. The standard InChI is InChI=1S/C16H18N2O4S/c1-9(2)22-13-10(6-5-7-12(13)21-4)8-11-14(19)17-16(23)18(3)15(11)20/h5-9H,1-4H3,(H,17,19,23)/b11-8+. The van der Waals surface area contributed by atoms with E-state index in [9.17, 15) is 9.59 Å². The van der Waals surface area contributed by atoms with Crippen LogP contribution in [0.2, 0.25) is 0 Å². The number of methoxy groups -OCH3 is 1. The summed E-state index contributed by atoms with van der Waals surface area (Å²) < 4.78 is 11.1. The van der Waals surface area contributed by atoms with E-state index in [1.54, 1.807) is 18.2 Å². The van der Waals surface area contributed by atoms with Crippen LogP contribution in [0.4, 0.5) is 0 Å². The molecule has 0 aromatic heterocycles. The second-order valence-corrected chi connectivity index (χ2v) is 5.61. The number of nitrogens with zero attached hydrogens (tertiary/aromatic N) is 1. The highest BCUT2D eigenvalue weighted by Gasteiger charge is 2.31. The second kappa shape index (κ2) is 6.78. The third-order valence-electron chi connectivity index (χ3n) is 3.19. The minimum atomic E-state index is -0.531. The molecule has 1 saturated heterocycles. The molecule has 23 heavy (non-hydrogen) atoms. The van der Waals surface area contributed by atoms with Crippen LogP contribution in [0.15, 0.2) is 23.8 Å². The van der Waals surface area contributed by atoms with Crippen LogP contribution in [0.1, 0.15) is 19.4 Å². The molecule has 1 aromatic rings. The van der Waals surface area contributed by atoms with Gasteiger partial charge < -0.3 is 9.47 Å². The van der Waals surface area contributed by atoms with E-state index >= 15 is 0 Å². The Labute approximate surface area is 140 Å². The summed E-state index contributed by atoms with van der Waals surface area (Å²) in [6, 6.07) is 5.27. The van der Waals surface area contributed by atoms with Crippen molar-refractivity contribution >= 4 is 35.2 Å². The van der Waals surface area contributed by atoms with E-state index in [-0.39, 0.29) is 16.8 Å². The number of para-hydroxylation sites is 1. The summed E-state index contributed by atoms with van der Waals surface area (Å²) in [7, 11) is 3.04. The van der Waals surface area contributed by atoms with Gasteiger partial charge >= 0.3 is 0 Å². The fraction of sp³-hybridized carbons (Fsp3) is 0.312. The first-order valence-corrected chi connectivity index (χ1v) is 7.44. The maximum atomic E-state index is 12.3. The Hall–Kier alpha value is -2.41. The zero-order valence-corrected chi connectivity index (χ0v) is 14.2. The maximum absolute atomic E-state index is 12.3. The predicted octanol–water partition coefficient (Wildman–Crippen LogP) is 1.74. The predicted molar refractivity (Wildman–Crippen MR) is 90.2 cm³/mol. The molecule has 1 fully saturated rings. The molecule has 0 unspecified atom stereocenters. The van der Waals surface area contributed by atoms with Gasteiger partial charge in [0.2, 0.25) is 0 Å². The summed E-state index contributed by atoms with van der Waals surface area (Å²) in [5.41, 5.74) is 0.570. The molecule has 7 heteroatoms. The molecule has 0 atom stereocenters. The van der Waals surface area contributed by atoms with Crippen LogP contribution in [0.5, 0.6) is 11.5 Å².